The Morgan fingerprint density at radius 3 is 2.32 bits per heavy atom. The summed E-state index contributed by atoms with van der Waals surface area (Å²) in [5, 5.41) is 2.93. The van der Waals surface area contributed by atoms with E-state index in [0.717, 1.165) is 6.42 Å². The van der Waals surface area contributed by atoms with Gasteiger partial charge in [0.2, 0.25) is 15.9 Å². The minimum Gasteiger partial charge on any atom is -0.466 e. The lowest BCUT2D eigenvalue weighted by atomic mass is 9.95. The number of carbonyl (C=O) groups excluding carboxylic acids is 3. The normalized spacial score (nSPS) is 14.7. The Morgan fingerprint density at radius 2 is 1.73 bits per heavy atom. The molecule has 0 aromatic heterocycles. The van der Waals surface area contributed by atoms with Crippen LogP contribution in [0.4, 0.5) is 16.2 Å². The fourth-order valence-corrected chi connectivity index (χ4v) is 5.26. The summed E-state index contributed by atoms with van der Waals surface area (Å²) in [6.07, 6.45) is 2.05. The van der Waals surface area contributed by atoms with E-state index in [4.69, 9.17) is 9.47 Å². The predicted octanol–water partition coefficient (Wildman–Crippen LogP) is 4.31. The van der Waals surface area contributed by atoms with Crippen molar-refractivity contribution in [1.29, 1.82) is 0 Å². The van der Waals surface area contributed by atoms with Gasteiger partial charge in [-0.2, -0.15) is 0 Å². The number of ether oxygens (including phenoxy) is 2. The molecule has 11 heteroatoms. The Labute approximate surface area is 220 Å². The lowest BCUT2D eigenvalue weighted by Gasteiger charge is -2.33. The molecule has 0 atom stereocenters. The maximum Gasteiger partial charge on any atom is 0.410 e. The second-order valence-corrected chi connectivity index (χ2v) is 12.0. The molecule has 2 N–H and O–H groups in total. The third-order valence-electron chi connectivity index (χ3n) is 5.87. The van der Waals surface area contributed by atoms with Crippen LogP contribution in [-0.4, -0.2) is 62.3 Å². The summed E-state index contributed by atoms with van der Waals surface area (Å²) >= 11 is 0. The van der Waals surface area contributed by atoms with Crippen LogP contribution in [0, 0.1) is 5.92 Å². The maximum absolute atomic E-state index is 13.1. The van der Waals surface area contributed by atoms with Gasteiger partial charge in [0, 0.05) is 36.7 Å². The molecular formula is C26H41N3O7S. The molecule has 2 rings (SSSR count). The number of nitrogens with zero attached hydrogens (tertiary/aromatic N) is 1. The van der Waals surface area contributed by atoms with Gasteiger partial charge in [0.1, 0.15) is 5.60 Å². The van der Waals surface area contributed by atoms with E-state index < -0.39 is 27.7 Å². The Bertz CT molecular complexity index is 1040. The molecule has 0 spiro atoms. The van der Waals surface area contributed by atoms with Crippen molar-refractivity contribution >= 4 is 39.4 Å². The number of unbranched alkanes of at least 4 members (excludes halogenated alkanes) is 1. The first-order chi connectivity index (χ1) is 17.3. The largest absolute Gasteiger partial charge is 0.466 e. The average Bonchev–Trinajstić information content (AvgIpc) is 2.81. The molecule has 1 aliphatic rings. The summed E-state index contributed by atoms with van der Waals surface area (Å²) in [4.78, 5) is 39.1. The van der Waals surface area contributed by atoms with Gasteiger partial charge >= 0.3 is 12.1 Å². The molecule has 37 heavy (non-hydrogen) atoms. The smallest absolute Gasteiger partial charge is 0.410 e. The number of benzene rings is 1. The van der Waals surface area contributed by atoms with E-state index in [2.05, 4.69) is 10.0 Å². The highest BCUT2D eigenvalue weighted by Crippen LogP contribution is 2.29. The van der Waals surface area contributed by atoms with E-state index >= 15 is 0 Å². The van der Waals surface area contributed by atoms with Gasteiger partial charge in [0.15, 0.2) is 0 Å². The van der Waals surface area contributed by atoms with Gasteiger partial charge in [-0.05, 0) is 65.5 Å². The summed E-state index contributed by atoms with van der Waals surface area (Å²) in [5.74, 6) is -0.959. The van der Waals surface area contributed by atoms with Crippen molar-refractivity contribution in [2.24, 2.45) is 5.92 Å². The van der Waals surface area contributed by atoms with E-state index in [1.54, 1.807) is 30.0 Å². The van der Waals surface area contributed by atoms with E-state index in [0.29, 0.717) is 49.3 Å². The molecule has 1 aromatic carbocycles. The number of likely N-dealkylation sites (tertiary alicyclic amines) is 1. The SMILES string of the molecule is CCCCS(=O)(=O)Nc1cccc(NC(=O)C2CCN(C(=O)OC(C)(C)C)CC2)c1CCC(=O)OCC. The molecule has 0 saturated carbocycles. The number of piperidine rings is 1. The van der Waals surface area contributed by atoms with Crippen molar-refractivity contribution in [1.82, 2.24) is 4.90 Å². The molecule has 0 bridgehead atoms. The standard InChI is InChI=1S/C26H41N3O7S/c1-6-8-18-37(33,34)28-22-11-9-10-21(20(22)12-13-23(30)35-7-2)27-24(31)19-14-16-29(17-15-19)25(32)36-26(3,4)5/h9-11,19,28H,6-8,12-18H2,1-5H3,(H,27,31). The lowest BCUT2D eigenvalue weighted by molar-refractivity contribution is -0.143. The van der Waals surface area contributed by atoms with Gasteiger partial charge in [0.05, 0.1) is 18.0 Å². The number of anilines is 2. The Hall–Kier alpha value is -2.82. The quantitative estimate of drug-likeness (QED) is 0.401. The topological polar surface area (TPSA) is 131 Å². The van der Waals surface area contributed by atoms with Gasteiger partial charge < -0.3 is 19.7 Å². The summed E-state index contributed by atoms with van der Waals surface area (Å²) < 4.78 is 38.2. The first-order valence-electron chi connectivity index (χ1n) is 12.9. The number of amides is 2. The maximum atomic E-state index is 13.1. The van der Waals surface area contributed by atoms with Crippen LogP contribution in [0.2, 0.25) is 0 Å². The molecule has 0 radical (unpaired) electrons. The molecule has 1 fully saturated rings. The van der Waals surface area contributed by atoms with Gasteiger partial charge in [0.25, 0.3) is 0 Å². The van der Waals surface area contributed by atoms with Crippen LogP contribution in [0.5, 0.6) is 0 Å². The zero-order valence-electron chi connectivity index (χ0n) is 22.6. The van der Waals surface area contributed by atoms with Crippen LogP contribution >= 0.6 is 0 Å². The van der Waals surface area contributed by atoms with Crippen molar-refractivity contribution in [3.05, 3.63) is 23.8 Å². The highest BCUT2D eigenvalue weighted by atomic mass is 32.2. The molecule has 0 unspecified atom stereocenters. The molecule has 1 saturated heterocycles. The van der Waals surface area contributed by atoms with Gasteiger partial charge in [-0.15, -0.1) is 0 Å². The summed E-state index contributed by atoms with van der Waals surface area (Å²) in [5.41, 5.74) is 0.710. The molecule has 1 aliphatic heterocycles. The van der Waals surface area contributed by atoms with Crippen LogP contribution in [-0.2, 0) is 35.5 Å². The highest BCUT2D eigenvalue weighted by molar-refractivity contribution is 7.92. The number of sulfonamides is 1. The fraction of sp³-hybridized carbons (Fsp3) is 0.654. The van der Waals surface area contributed by atoms with E-state index in [1.165, 1.54) is 0 Å². The van der Waals surface area contributed by atoms with Crippen molar-refractivity contribution in [2.75, 3.05) is 35.5 Å². The number of rotatable bonds is 11. The van der Waals surface area contributed by atoms with E-state index in [9.17, 15) is 22.8 Å². The summed E-state index contributed by atoms with van der Waals surface area (Å²) in [6, 6.07) is 4.98. The summed E-state index contributed by atoms with van der Waals surface area (Å²) in [7, 11) is -3.59. The Morgan fingerprint density at radius 1 is 1.08 bits per heavy atom. The molecule has 0 aliphatic carbocycles. The Kier molecular flexibility index (Phi) is 11.2. The first kappa shape index (κ1) is 30.4. The number of carbonyl (C=O) groups is 3. The molecule has 1 heterocycles. The van der Waals surface area contributed by atoms with Crippen LogP contribution in [0.1, 0.15) is 72.3 Å². The zero-order valence-corrected chi connectivity index (χ0v) is 23.4. The molecular weight excluding hydrogens is 498 g/mol. The molecule has 10 nitrogen and oxygen atoms in total. The second kappa shape index (κ2) is 13.6. The van der Waals surface area contributed by atoms with Crippen LogP contribution in [0.25, 0.3) is 0 Å². The number of esters is 1. The van der Waals surface area contributed by atoms with Crippen molar-refractivity contribution < 1.29 is 32.3 Å². The monoisotopic (exact) mass is 539 g/mol. The van der Waals surface area contributed by atoms with E-state index in [-0.39, 0.29) is 37.0 Å². The number of nitrogens with one attached hydrogen (secondary N) is 2. The van der Waals surface area contributed by atoms with Crippen LogP contribution in [0.15, 0.2) is 18.2 Å². The highest BCUT2D eigenvalue weighted by Gasteiger charge is 2.30. The molecule has 208 valence electrons. The zero-order chi connectivity index (χ0) is 27.6. The molecule has 1 aromatic rings. The third kappa shape index (κ3) is 10.2. The van der Waals surface area contributed by atoms with Crippen LogP contribution < -0.4 is 10.0 Å². The van der Waals surface area contributed by atoms with Crippen molar-refractivity contribution in [3.63, 3.8) is 0 Å². The summed E-state index contributed by atoms with van der Waals surface area (Å²) in [6.45, 7) is 10.1. The van der Waals surface area contributed by atoms with Gasteiger partial charge in [-0.3, -0.25) is 14.3 Å². The predicted molar refractivity (Wildman–Crippen MR) is 143 cm³/mol. The van der Waals surface area contributed by atoms with Gasteiger partial charge in [-0.1, -0.05) is 19.4 Å². The lowest BCUT2D eigenvalue weighted by Crippen LogP contribution is -2.43. The first-order valence-corrected chi connectivity index (χ1v) is 14.6. The molecule has 2 amide bonds. The van der Waals surface area contributed by atoms with Gasteiger partial charge in [-0.25, -0.2) is 13.2 Å². The second-order valence-electron chi connectivity index (χ2n) is 10.1. The minimum atomic E-state index is -3.59. The van der Waals surface area contributed by atoms with E-state index in [1.807, 2.05) is 27.7 Å². The number of hydrogen-bond donors (Lipinski definition) is 2. The number of hydrogen-bond acceptors (Lipinski definition) is 7. The van der Waals surface area contributed by atoms with Crippen molar-refractivity contribution in [2.45, 2.75) is 78.7 Å². The van der Waals surface area contributed by atoms with Crippen molar-refractivity contribution in [3.8, 4) is 0 Å². The minimum absolute atomic E-state index is 0.0202. The van der Waals surface area contributed by atoms with Crippen LogP contribution in [0.3, 0.4) is 0 Å². The third-order valence-corrected chi connectivity index (χ3v) is 7.22. The Balaban J connectivity index is 2.15. The average molecular weight is 540 g/mol. The fourth-order valence-electron chi connectivity index (χ4n) is 3.97.